The van der Waals surface area contributed by atoms with Crippen LogP contribution in [0, 0.1) is 5.82 Å². The minimum Gasteiger partial charge on any atom is -0.368 e. The third kappa shape index (κ3) is 5.27. The lowest BCUT2D eigenvalue weighted by Gasteiger charge is -2.36. The molecule has 7 nitrogen and oxygen atoms in total. The van der Waals surface area contributed by atoms with Gasteiger partial charge in [0, 0.05) is 49.3 Å². The Morgan fingerprint density at radius 3 is 2.33 bits per heavy atom. The fraction of sp³-hybridized carbons (Fsp3) is 0.192. The molecule has 1 saturated heterocycles. The van der Waals surface area contributed by atoms with E-state index in [0.29, 0.717) is 53.2 Å². The lowest BCUT2D eigenvalue weighted by Crippen LogP contribution is -2.48. The Morgan fingerprint density at radius 2 is 1.72 bits per heavy atom. The molecule has 184 valence electrons. The third-order valence-electron chi connectivity index (χ3n) is 6.10. The number of imidazole rings is 1. The number of aromatic nitrogens is 2. The van der Waals surface area contributed by atoms with Crippen LogP contribution in [0.4, 0.5) is 15.8 Å². The number of nitrogens with zero attached hydrogens (tertiary/aromatic N) is 4. The van der Waals surface area contributed by atoms with Gasteiger partial charge in [-0.15, -0.1) is 11.3 Å². The predicted octanol–water partition coefficient (Wildman–Crippen LogP) is 5.07. The monoisotopic (exact) mass is 523 g/mol. The topological polar surface area (TPSA) is 72.5 Å². The number of hydrogen-bond donors (Lipinski definition) is 1. The number of H-pyrrole nitrogens is 1. The van der Waals surface area contributed by atoms with Crippen molar-refractivity contribution in [2.75, 3.05) is 36.0 Å². The third-order valence-corrected chi connectivity index (χ3v) is 7.32. The van der Waals surface area contributed by atoms with Crippen LogP contribution in [0.25, 0.3) is 0 Å². The second-order valence-corrected chi connectivity index (χ2v) is 10.1. The van der Waals surface area contributed by atoms with Crippen LogP contribution in [0.15, 0.2) is 73.2 Å². The van der Waals surface area contributed by atoms with Gasteiger partial charge in [0.2, 0.25) is 0 Å². The minimum atomic E-state index is -0.392. The number of amides is 2. The molecule has 36 heavy (non-hydrogen) atoms. The molecule has 0 atom stereocenters. The molecular weight excluding hydrogens is 501 g/mol. The summed E-state index contributed by atoms with van der Waals surface area (Å²) >= 11 is 7.27. The summed E-state index contributed by atoms with van der Waals surface area (Å²) in [5.74, 6) is -0.620. The first-order valence-corrected chi connectivity index (χ1v) is 12.6. The summed E-state index contributed by atoms with van der Waals surface area (Å²) in [6.45, 7) is 2.94. The predicted molar refractivity (Wildman–Crippen MR) is 139 cm³/mol. The van der Waals surface area contributed by atoms with Crippen LogP contribution in [0.2, 0.25) is 4.34 Å². The molecule has 0 bridgehead atoms. The molecule has 0 saturated carbocycles. The zero-order valence-corrected chi connectivity index (χ0v) is 20.8. The van der Waals surface area contributed by atoms with Crippen LogP contribution in [-0.4, -0.2) is 52.9 Å². The van der Waals surface area contributed by atoms with Crippen molar-refractivity contribution < 1.29 is 14.0 Å². The van der Waals surface area contributed by atoms with Gasteiger partial charge in [-0.25, -0.2) is 9.37 Å². The molecule has 0 spiro atoms. The second kappa shape index (κ2) is 10.5. The van der Waals surface area contributed by atoms with Gasteiger partial charge in [0.25, 0.3) is 11.8 Å². The molecule has 2 aromatic heterocycles. The summed E-state index contributed by atoms with van der Waals surface area (Å²) in [4.78, 5) is 39.4. The number of carbonyl (C=O) groups is 2. The van der Waals surface area contributed by atoms with Crippen LogP contribution < -0.4 is 9.80 Å². The zero-order chi connectivity index (χ0) is 25.1. The minimum absolute atomic E-state index is 0.00986. The first-order chi connectivity index (χ1) is 17.5. The van der Waals surface area contributed by atoms with Crippen LogP contribution in [0.5, 0.6) is 0 Å². The molecule has 1 fully saturated rings. The van der Waals surface area contributed by atoms with Gasteiger partial charge < -0.3 is 19.7 Å². The van der Waals surface area contributed by atoms with E-state index in [0.717, 1.165) is 11.4 Å². The summed E-state index contributed by atoms with van der Waals surface area (Å²) in [6.07, 6.45) is 3.24. The number of benzene rings is 2. The molecule has 1 aliphatic rings. The van der Waals surface area contributed by atoms with Crippen LogP contribution >= 0.6 is 22.9 Å². The van der Waals surface area contributed by atoms with Gasteiger partial charge in [-0.2, -0.15) is 0 Å². The van der Waals surface area contributed by atoms with E-state index in [4.69, 9.17) is 11.6 Å². The number of nitrogens with one attached hydrogen (secondary N) is 1. The van der Waals surface area contributed by atoms with Crippen molar-refractivity contribution in [1.82, 2.24) is 14.9 Å². The Balaban J connectivity index is 1.29. The summed E-state index contributed by atoms with van der Waals surface area (Å²) in [6, 6.07) is 16.8. The maximum Gasteiger partial charge on any atom is 0.264 e. The number of piperazine rings is 1. The summed E-state index contributed by atoms with van der Waals surface area (Å²) in [5.41, 5.74) is 2.90. The molecule has 0 unspecified atom stereocenters. The van der Waals surface area contributed by atoms with Crippen molar-refractivity contribution in [3.8, 4) is 0 Å². The Morgan fingerprint density at radius 1 is 1.00 bits per heavy atom. The van der Waals surface area contributed by atoms with Gasteiger partial charge in [-0.1, -0.05) is 11.6 Å². The lowest BCUT2D eigenvalue weighted by molar-refractivity contribution is 0.0751. The number of hydrogen-bond acceptors (Lipinski definition) is 5. The molecule has 4 aromatic rings. The fourth-order valence-corrected chi connectivity index (χ4v) is 5.18. The number of aromatic amines is 1. The molecule has 1 aliphatic heterocycles. The molecule has 10 heteroatoms. The van der Waals surface area contributed by atoms with E-state index in [1.807, 2.05) is 29.2 Å². The van der Waals surface area contributed by atoms with Crippen molar-refractivity contribution >= 4 is 46.1 Å². The van der Waals surface area contributed by atoms with Crippen LogP contribution in [0.3, 0.4) is 0 Å². The highest BCUT2D eigenvalue weighted by Crippen LogP contribution is 2.26. The average molecular weight is 524 g/mol. The normalized spacial score (nSPS) is 13.6. The largest absolute Gasteiger partial charge is 0.368 e. The lowest BCUT2D eigenvalue weighted by atomic mass is 10.1. The molecule has 0 radical (unpaired) electrons. The van der Waals surface area contributed by atoms with Crippen molar-refractivity contribution in [3.63, 3.8) is 0 Å². The summed E-state index contributed by atoms with van der Waals surface area (Å²) < 4.78 is 14.0. The van der Waals surface area contributed by atoms with E-state index in [2.05, 4.69) is 14.9 Å². The fourth-order valence-electron chi connectivity index (χ4n) is 4.17. The maximum atomic E-state index is 13.4. The smallest absolute Gasteiger partial charge is 0.264 e. The molecular formula is C26H23ClFN5O2S. The Labute approximate surface area is 216 Å². The second-order valence-electron chi connectivity index (χ2n) is 8.37. The SMILES string of the molecule is O=C(c1ccc(Cl)s1)N1CCN(c2ccc(N(Cc3cnc[nH]3)C(=O)c3ccc(F)cc3)cc2)CC1. The van der Waals surface area contributed by atoms with Gasteiger partial charge in [-0.05, 0) is 60.7 Å². The molecule has 1 N–H and O–H groups in total. The van der Waals surface area contributed by atoms with Crippen molar-refractivity contribution in [3.05, 3.63) is 99.5 Å². The van der Waals surface area contributed by atoms with Crippen LogP contribution in [-0.2, 0) is 6.54 Å². The number of anilines is 2. The molecule has 0 aliphatic carbocycles. The first-order valence-electron chi connectivity index (χ1n) is 11.4. The summed E-state index contributed by atoms with van der Waals surface area (Å²) in [5, 5.41) is 0. The van der Waals surface area contributed by atoms with E-state index in [1.165, 1.54) is 35.6 Å². The van der Waals surface area contributed by atoms with Crippen molar-refractivity contribution in [2.45, 2.75) is 6.54 Å². The number of thiophene rings is 1. The highest BCUT2D eigenvalue weighted by molar-refractivity contribution is 7.17. The Bertz CT molecular complexity index is 1330. The highest BCUT2D eigenvalue weighted by atomic mass is 35.5. The first kappa shape index (κ1) is 24.0. The Kier molecular flexibility index (Phi) is 7.02. The van der Waals surface area contributed by atoms with Crippen LogP contribution in [0.1, 0.15) is 25.7 Å². The standard InChI is InChI=1S/C26H23ClFN5O2S/c27-24-10-9-23(36-24)26(35)32-13-11-31(12-14-32)21-5-7-22(8-6-21)33(16-20-15-29-17-30-20)25(34)18-1-3-19(28)4-2-18/h1-10,15,17H,11-14,16H2,(H,29,30). The van der Waals surface area contributed by atoms with E-state index in [1.54, 1.807) is 29.6 Å². The number of halogens is 2. The van der Waals surface area contributed by atoms with Gasteiger partial charge in [-0.3, -0.25) is 9.59 Å². The van der Waals surface area contributed by atoms with Gasteiger partial charge in [0.05, 0.1) is 27.8 Å². The van der Waals surface area contributed by atoms with Gasteiger partial charge in [0.15, 0.2) is 0 Å². The number of rotatable bonds is 6. The van der Waals surface area contributed by atoms with Crippen molar-refractivity contribution in [2.24, 2.45) is 0 Å². The van der Waals surface area contributed by atoms with E-state index in [9.17, 15) is 14.0 Å². The van der Waals surface area contributed by atoms with E-state index >= 15 is 0 Å². The summed E-state index contributed by atoms with van der Waals surface area (Å²) in [7, 11) is 0. The zero-order valence-electron chi connectivity index (χ0n) is 19.2. The van der Waals surface area contributed by atoms with E-state index < -0.39 is 5.82 Å². The highest BCUT2D eigenvalue weighted by Gasteiger charge is 2.24. The molecule has 3 heterocycles. The number of carbonyl (C=O) groups excluding carboxylic acids is 2. The van der Waals surface area contributed by atoms with Crippen molar-refractivity contribution in [1.29, 1.82) is 0 Å². The van der Waals surface area contributed by atoms with Gasteiger partial charge >= 0.3 is 0 Å². The molecule has 2 amide bonds. The average Bonchev–Trinajstić information content (AvgIpc) is 3.59. The van der Waals surface area contributed by atoms with E-state index in [-0.39, 0.29) is 11.8 Å². The molecule has 5 rings (SSSR count). The maximum absolute atomic E-state index is 13.4. The Hall–Kier alpha value is -3.69. The van der Waals surface area contributed by atoms with Gasteiger partial charge in [0.1, 0.15) is 5.82 Å². The quantitative estimate of drug-likeness (QED) is 0.383. The molecule has 2 aromatic carbocycles.